The van der Waals surface area contributed by atoms with E-state index in [0.29, 0.717) is 6.42 Å². The second-order valence-electron chi connectivity index (χ2n) is 4.18. The molecular formula is C12H16FN3O. The molecule has 0 saturated heterocycles. The predicted molar refractivity (Wildman–Crippen MR) is 63.9 cm³/mol. The lowest BCUT2D eigenvalue weighted by atomic mass is 10.1. The lowest BCUT2D eigenvalue weighted by Gasteiger charge is -2.18. The number of carbonyl (C=O) groups is 1. The SMILES string of the molecule is NNC(=O)CCCN1CCc2ccc(F)cc21. The number of hydrogen-bond donors (Lipinski definition) is 2. The molecule has 1 aliphatic heterocycles. The van der Waals surface area contributed by atoms with E-state index in [4.69, 9.17) is 5.84 Å². The van der Waals surface area contributed by atoms with Crippen LogP contribution in [0.15, 0.2) is 18.2 Å². The normalized spacial score (nSPS) is 13.6. The first kappa shape index (κ1) is 11.9. The average Bonchev–Trinajstić information content (AvgIpc) is 2.72. The minimum Gasteiger partial charge on any atom is -0.371 e. The Labute approximate surface area is 99.6 Å². The molecule has 0 saturated carbocycles. The number of halogens is 1. The van der Waals surface area contributed by atoms with Gasteiger partial charge in [-0.1, -0.05) is 6.07 Å². The third-order valence-corrected chi connectivity index (χ3v) is 3.03. The van der Waals surface area contributed by atoms with Gasteiger partial charge in [-0.25, -0.2) is 10.2 Å². The summed E-state index contributed by atoms with van der Waals surface area (Å²) in [5, 5.41) is 0. The predicted octanol–water partition coefficient (Wildman–Crippen LogP) is 0.958. The van der Waals surface area contributed by atoms with Crippen molar-refractivity contribution in [1.29, 1.82) is 0 Å². The number of rotatable bonds is 4. The highest BCUT2D eigenvalue weighted by atomic mass is 19.1. The molecule has 5 heteroatoms. The van der Waals surface area contributed by atoms with E-state index in [9.17, 15) is 9.18 Å². The lowest BCUT2D eigenvalue weighted by molar-refractivity contribution is -0.121. The minimum atomic E-state index is -0.213. The number of fused-ring (bicyclic) bond motifs is 1. The zero-order valence-electron chi connectivity index (χ0n) is 9.58. The van der Waals surface area contributed by atoms with Gasteiger partial charge >= 0.3 is 0 Å². The molecule has 0 aromatic heterocycles. The van der Waals surface area contributed by atoms with Crippen molar-refractivity contribution in [3.8, 4) is 0 Å². The van der Waals surface area contributed by atoms with Gasteiger partial charge < -0.3 is 4.90 Å². The molecule has 0 atom stereocenters. The molecule has 3 N–H and O–H groups in total. The van der Waals surface area contributed by atoms with Crippen molar-refractivity contribution in [2.24, 2.45) is 5.84 Å². The van der Waals surface area contributed by atoms with Crippen LogP contribution in [0.1, 0.15) is 18.4 Å². The van der Waals surface area contributed by atoms with E-state index in [-0.39, 0.29) is 11.7 Å². The fourth-order valence-electron chi connectivity index (χ4n) is 2.15. The van der Waals surface area contributed by atoms with E-state index in [1.54, 1.807) is 6.07 Å². The van der Waals surface area contributed by atoms with Crippen LogP contribution in [0.2, 0.25) is 0 Å². The van der Waals surface area contributed by atoms with Crippen LogP contribution >= 0.6 is 0 Å². The summed E-state index contributed by atoms with van der Waals surface area (Å²) >= 11 is 0. The van der Waals surface area contributed by atoms with Gasteiger partial charge in [0.1, 0.15) is 5.82 Å². The highest BCUT2D eigenvalue weighted by Gasteiger charge is 2.19. The molecule has 0 unspecified atom stereocenters. The Morgan fingerprint density at radius 3 is 3.12 bits per heavy atom. The number of carbonyl (C=O) groups excluding carboxylic acids is 1. The summed E-state index contributed by atoms with van der Waals surface area (Å²) in [4.78, 5) is 13.1. The molecule has 92 valence electrons. The molecule has 1 aliphatic rings. The highest BCUT2D eigenvalue weighted by molar-refractivity contribution is 5.75. The summed E-state index contributed by atoms with van der Waals surface area (Å²) in [5.74, 6) is 4.62. The van der Waals surface area contributed by atoms with Crippen LogP contribution in [-0.4, -0.2) is 19.0 Å². The first-order valence-electron chi connectivity index (χ1n) is 5.73. The lowest BCUT2D eigenvalue weighted by Crippen LogP contribution is -2.31. The van der Waals surface area contributed by atoms with Gasteiger partial charge in [0.2, 0.25) is 5.91 Å². The Hall–Kier alpha value is -1.62. The number of nitrogens with two attached hydrogens (primary N) is 1. The number of benzene rings is 1. The third kappa shape index (κ3) is 2.74. The van der Waals surface area contributed by atoms with Crippen molar-refractivity contribution < 1.29 is 9.18 Å². The summed E-state index contributed by atoms with van der Waals surface area (Å²) < 4.78 is 13.1. The van der Waals surface area contributed by atoms with E-state index >= 15 is 0 Å². The standard InChI is InChI=1S/C12H16FN3O/c13-10-4-3-9-5-7-16(11(9)8-10)6-1-2-12(17)15-14/h3-4,8H,1-2,5-7,14H2,(H,15,17). The third-order valence-electron chi connectivity index (χ3n) is 3.03. The minimum absolute atomic E-state index is 0.163. The second-order valence-corrected chi connectivity index (χ2v) is 4.18. The van der Waals surface area contributed by atoms with E-state index in [1.807, 2.05) is 6.07 Å². The quantitative estimate of drug-likeness (QED) is 0.466. The number of hydrazine groups is 1. The summed E-state index contributed by atoms with van der Waals surface area (Å²) in [6, 6.07) is 4.88. The van der Waals surface area contributed by atoms with Crippen LogP contribution in [0.4, 0.5) is 10.1 Å². The van der Waals surface area contributed by atoms with Gasteiger partial charge in [0.15, 0.2) is 0 Å². The molecule has 1 aromatic rings. The van der Waals surface area contributed by atoms with Gasteiger partial charge in [0.25, 0.3) is 0 Å². The van der Waals surface area contributed by atoms with Crippen LogP contribution in [0, 0.1) is 5.82 Å². The largest absolute Gasteiger partial charge is 0.371 e. The van der Waals surface area contributed by atoms with E-state index < -0.39 is 0 Å². The first-order valence-corrected chi connectivity index (χ1v) is 5.73. The molecule has 1 amide bonds. The molecule has 0 radical (unpaired) electrons. The Morgan fingerprint density at radius 1 is 1.53 bits per heavy atom. The van der Waals surface area contributed by atoms with Gasteiger partial charge in [-0.05, 0) is 30.5 Å². The van der Waals surface area contributed by atoms with Gasteiger partial charge in [-0.15, -0.1) is 0 Å². The van der Waals surface area contributed by atoms with Gasteiger partial charge in [-0.3, -0.25) is 10.2 Å². The molecule has 2 rings (SSSR count). The number of hydrogen-bond acceptors (Lipinski definition) is 3. The number of nitrogens with one attached hydrogen (secondary N) is 1. The first-order chi connectivity index (χ1) is 8.20. The van der Waals surface area contributed by atoms with Crippen molar-refractivity contribution in [2.75, 3.05) is 18.0 Å². The highest BCUT2D eigenvalue weighted by Crippen LogP contribution is 2.28. The van der Waals surface area contributed by atoms with Crippen molar-refractivity contribution >= 4 is 11.6 Å². The van der Waals surface area contributed by atoms with Gasteiger partial charge in [-0.2, -0.15) is 0 Å². The van der Waals surface area contributed by atoms with Crippen LogP contribution in [-0.2, 0) is 11.2 Å². The van der Waals surface area contributed by atoms with E-state index in [0.717, 1.165) is 31.6 Å². The maximum Gasteiger partial charge on any atom is 0.233 e. The van der Waals surface area contributed by atoms with Crippen molar-refractivity contribution in [3.05, 3.63) is 29.6 Å². The molecule has 1 heterocycles. The molecule has 1 aromatic carbocycles. The van der Waals surface area contributed by atoms with Crippen LogP contribution < -0.4 is 16.2 Å². The maximum absolute atomic E-state index is 13.1. The fraction of sp³-hybridized carbons (Fsp3) is 0.417. The maximum atomic E-state index is 13.1. The zero-order valence-corrected chi connectivity index (χ0v) is 9.58. The summed E-state index contributed by atoms with van der Waals surface area (Å²) in [7, 11) is 0. The number of amides is 1. The summed E-state index contributed by atoms with van der Waals surface area (Å²) in [6.45, 7) is 1.65. The number of anilines is 1. The number of nitrogens with zero attached hydrogens (tertiary/aromatic N) is 1. The topological polar surface area (TPSA) is 58.4 Å². The Bertz CT molecular complexity index is 422. The molecule has 0 aliphatic carbocycles. The van der Waals surface area contributed by atoms with E-state index in [2.05, 4.69) is 10.3 Å². The smallest absolute Gasteiger partial charge is 0.233 e. The Balaban J connectivity index is 1.93. The zero-order chi connectivity index (χ0) is 12.3. The Morgan fingerprint density at radius 2 is 2.35 bits per heavy atom. The van der Waals surface area contributed by atoms with Crippen LogP contribution in [0.5, 0.6) is 0 Å². The molecule has 0 spiro atoms. The average molecular weight is 237 g/mol. The van der Waals surface area contributed by atoms with Crippen LogP contribution in [0.25, 0.3) is 0 Å². The van der Waals surface area contributed by atoms with Crippen LogP contribution in [0.3, 0.4) is 0 Å². The summed E-state index contributed by atoms with van der Waals surface area (Å²) in [5.41, 5.74) is 4.23. The monoisotopic (exact) mass is 237 g/mol. The Kier molecular flexibility index (Phi) is 3.58. The van der Waals surface area contributed by atoms with Crippen molar-refractivity contribution in [2.45, 2.75) is 19.3 Å². The fourth-order valence-corrected chi connectivity index (χ4v) is 2.15. The van der Waals surface area contributed by atoms with Crippen molar-refractivity contribution in [1.82, 2.24) is 5.43 Å². The van der Waals surface area contributed by atoms with Gasteiger partial charge in [0, 0.05) is 25.2 Å². The molecular weight excluding hydrogens is 221 g/mol. The molecule has 0 bridgehead atoms. The molecule has 4 nitrogen and oxygen atoms in total. The second kappa shape index (κ2) is 5.14. The van der Waals surface area contributed by atoms with E-state index in [1.165, 1.54) is 11.6 Å². The summed E-state index contributed by atoms with van der Waals surface area (Å²) in [6.07, 6.45) is 2.06. The van der Waals surface area contributed by atoms with Gasteiger partial charge in [0.05, 0.1) is 0 Å². The van der Waals surface area contributed by atoms with Crippen molar-refractivity contribution in [3.63, 3.8) is 0 Å². The molecule has 17 heavy (non-hydrogen) atoms. The molecule has 0 fully saturated rings.